The molecule has 0 nitrogen and oxygen atoms in total. The summed E-state index contributed by atoms with van der Waals surface area (Å²) in [7, 11) is 0. The maximum atomic E-state index is 2.32. The third-order valence-corrected chi connectivity index (χ3v) is 3.66. The van der Waals surface area contributed by atoms with Crippen LogP contribution in [0.15, 0.2) is 27.5 Å². The molecule has 0 radical (unpaired) electrons. The molecular formula is C10H9F3Zr. The van der Waals surface area contributed by atoms with Gasteiger partial charge in [-0.05, 0) is 0 Å². The third-order valence-electron chi connectivity index (χ3n) is 2.24. The quantitative estimate of drug-likeness (QED) is 0.443. The molecule has 0 bridgehead atoms. The molecule has 0 aromatic heterocycles. The summed E-state index contributed by atoms with van der Waals surface area (Å²) >= 11 is 1.55. The molecule has 0 saturated carbocycles. The van der Waals surface area contributed by atoms with Crippen LogP contribution in [-0.4, -0.2) is 0 Å². The molecule has 1 aromatic rings. The van der Waals surface area contributed by atoms with E-state index in [-0.39, 0.29) is 14.1 Å². The fourth-order valence-electron chi connectivity index (χ4n) is 1.50. The van der Waals surface area contributed by atoms with Crippen LogP contribution in [-0.2, 0) is 24.7 Å². The molecule has 1 aliphatic carbocycles. The normalized spacial score (nSPS) is 16.8. The average molecular weight is 277 g/mol. The van der Waals surface area contributed by atoms with Gasteiger partial charge in [-0.1, -0.05) is 0 Å². The first kappa shape index (κ1) is 16.1. The Labute approximate surface area is 96.4 Å². The van der Waals surface area contributed by atoms with Gasteiger partial charge in [-0.25, -0.2) is 0 Å². The van der Waals surface area contributed by atoms with Crippen LogP contribution in [0.2, 0.25) is 0 Å². The van der Waals surface area contributed by atoms with Gasteiger partial charge in [0.1, 0.15) is 0 Å². The van der Waals surface area contributed by atoms with Crippen LogP contribution in [0.5, 0.6) is 0 Å². The van der Waals surface area contributed by atoms with Crippen LogP contribution in [0.1, 0.15) is 24.0 Å². The molecule has 1 aromatic carbocycles. The second-order valence-corrected chi connectivity index (χ2v) is 4.37. The SMILES string of the molecule is CC1[C]([Zr+3])=Cc2ccccc21.[F-].[F-].[F-]. The second-order valence-electron chi connectivity index (χ2n) is 2.95. The van der Waals surface area contributed by atoms with Gasteiger partial charge >= 0.3 is 82.3 Å². The largest absolute Gasteiger partial charge is 1.00 e. The van der Waals surface area contributed by atoms with E-state index in [9.17, 15) is 0 Å². The van der Waals surface area contributed by atoms with Crippen molar-refractivity contribution in [1.29, 1.82) is 0 Å². The minimum absolute atomic E-state index is 0. The Kier molecular flexibility index (Phi) is 7.10. The number of fused-ring (bicyclic) bond motifs is 1. The molecule has 2 rings (SSSR count). The molecule has 0 N–H and O–H groups in total. The second kappa shape index (κ2) is 6.18. The number of halogens is 3. The van der Waals surface area contributed by atoms with Gasteiger partial charge in [0, 0.05) is 0 Å². The van der Waals surface area contributed by atoms with Crippen molar-refractivity contribution in [2.45, 2.75) is 12.8 Å². The molecule has 0 heterocycles. The molecule has 0 aliphatic heterocycles. The van der Waals surface area contributed by atoms with E-state index in [1.165, 1.54) is 11.1 Å². The first-order valence-corrected chi connectivity index (χ1v) is 5.04. The van der Waals surface area contributed by atoms with Gasteiger partial charge in [0.25, 0.3) is 0 Å². The van der Waals surface area contributed by atoms with Gasteiger partial charge in [0.2, 0.25) is 0 Å². The number of benzene rings is 1. The van der Waals surface area contributed by atoms with Gasteiger partial charge in [-0.3, -0.25) is 0 Å². The minimum atomic E-state index is 0. The summed E-state index contributed by atoms with van der Waals surface area (Å²) in [4.78, 5) is 0. The average Bonchev–Trinajstić information content (AvgIpc) is 2.30. The summed E-state index contributed by atoms with van der Waals surface area (Å²) < 4.78 is 1.57. The van der Waals surface area contributed by atoms with Crippen molar-refractivity contribution in [2.24, 2.45) is 0 Å². The van der Waals surface area contributed by atoms with Crippen molar-refractivity contribution in [2.75, 3.05) is 0 Å². The number of rotatable bonds is 0. The standard InChI is InChI=1S/C10H9.3FH.Zr/c1-8-6-7-9-4-2-3-5-10(8)9;;;;/h2-5,7-8H,1H3;3*1H;/q;;;;+3/p-3. The Bertz CT molecular complexity index is 323. The van der Waals surface area contributed by atoms with E-state index in [0.717, 1.165) is 0 Å². The van der Waals surface area contributed by atoms with Crippen LogP contribution < -0.4 is 14.1 Å². The van der Waals surface area contributed by atoms with E-state index in [0.29, 0.717) is 5.92 Å². The van der Waals surface area contributed by atoms with Crippen molar-refractivity contribution in [3.8, 4) is 0 Å². The first-order valence-electron chi connectivity index (χ1n) is 3.81. The van der Waals surface area contributed by atoms with E-state index in [1.54, 1.807) is 28.0 Å². The molecule has 1 atom stereocenters. The molecule has 0 saturated heterocycles. The van der Waals surface area contributed by atoms with Crippen LogP contribution in [0.4, 0.5) is 0 Å². The van der Waals surface area contributed by atoms with Crippen LogP contribution in [0.25, 0.3) is 6.08 Å². The zero-order valence-electron chi connectivity index (χ0n) is 7.60. The van der Waals surface area contributed by atoms with Crippen LogP contribution in [0.3, 0.4) is 0 Å². The van der Waals surface area contributed by atoms with Crippen molar-refractivity contribution in [3.63, 3.8) is 0 Å². The summed E-state index contributed by atoms with van der Waals surface area (Å²) in [6.45, 7) is 2.28. The molecule has 0 fully saturated rings. The van der Waals surface area contributed by atoms with Gasteiger partial charge < -0.3 is 14.1 Å². The summed E-state index contributed by atoms with van der Waals surface area (Å²) in [6, 6.07) is 8.66. The molecule has 4 heteroatoms. The van der Waals surface area contributed by atoms with Crippen molar-refractivity contribution < 1.29 is 38.8 Å². The molecule has 74 valence electrons. The Morgan fingerprint density at radius 2 is 1.64 bits per heavy atom. The Morgan fingerprint density at radius 1 is 1.07 bits per heavy atom. The maximum absolute atomic E-state index is 2.32. The van der Waals surface area contributed by atoms with Crippen LogP contribution >= 0.6 is 0 Å². The van der Waals surface area contributed by atoms with Gasteiger partial charge in [-0.2, -0.15) is 0 Å². The monoisotopic (exact) mass is 276 g/mol. The topological polar surface area (TPSA) is 0 Å². The Hall–Kier alpha value is -0.367. The molecular weight excluding hydrogens is 268 g/mol. The summed E-state index contributed by atoms with van der Waals surface area (Å²) in [6.07, 6.45) is 2.32. The molecule has 14 heavy (non-hydrogen) atoms. The predicted octanol–water partition coefficient (Wildman–Crippen LogP) is -6.30. The van der Waals surface area contributed by atoms with E-state index < -0.39 is 0 Å². The van der Waals surface area contributed by atoms with Crippen molar-refractivity contribution >= 4 is 6.08 Å². The summed E-state index contributed by atoms with van der Waals surface area (Å²) in [5.74, 6) is 0.671. The molecule has 0 spiro atoms. The molecule has 1 unspecified atom stereocenters. The fraction of sp³-hybridized carbons (Fsp3) is 0.200. The number of hydrogen-bond acceptors (Lipinski definition) is 0. The number of allylic oxidation sites excluding steroid dienone is 1. The van der Waals surface area contributed by atoms with Crippen molar-refractivity contribution in [1.82, 2.24) is 0 Å². The summed E-state index contributed by atoms with van der Waals surface area (Å²) in [5.41, 5.74) is 2.92. The molecule has 1 aliphatic rings. The smallest absolute Gasteiger partial charge is 1.00 e. The van der Waals surface area contributed by atoms with E-state index in [2.05, 4.69) is 37.3 Å². The zero-order chi connectivity index (χ0) is 7.84. The van der Waals surface area contributed by atoms with Crippen molar-refractivity contribution in [3.05, 3.63) is 38.7 Å². The van der Waals surface area contributed by atoms with Gasteiger partial charge in [-0.15, -0.1) is 0 Å². The first-order chi connectivity index (χ1) is 5.29. The third kappa shape index (κ3) is 2.57. The summed E-state index contributed by atoms with van der Waals surface area (Å²) in [5, 5.41) is 0. The maximum Gasteiger partial charge on any atom is -1.00 e. The van der Waals surface area contributed by atoms with Crippen LogP contribution in [0, 0.1) is 0 Å². The minimum Gasteiger partial charge on any atom is -1.00 e. The predicted molar refractivity (Wildman–Crippen MR) is 42.8 cm³/mol. The zero-order valence-corrected chi connectivity index (χ0v) is 10.1. The van der Waals surface area contributed by atoms with Gasteiger partial charge in [0.15, 0.2) is 0 Å². The van der Waals surface area contributed by atoms with Gasteiger partial charge in [0.05, 0.1) is 0 Å². The van der Waals surface area contributed by atoms with E-state index in [4.69, 9.17) is 0 Å². The molecule has 0 amide bonds. The Balaban J connectivity index is 0. The fourth-order valence-corrected chi connectivity index (χ4v) is 2.26. The van der Waals surface area contributed by atoms with E-state index in [1.807, 2.05) is 0 Å². The number of hydrogen-bond donors (Lipinski definition) is 0. The van der Waals surface area contributed by atoms with E-state index >= 15 is 0 Å². The Morgan fingerprint density at radius 3 is 2.21 bits per heavy atom.